The second kappa shape index (κ2) is 13.2. The van der Waals surface area contributed by atoms with E-state index in [2.05, 4.69) is 94.5 Å². The van der Waals surface area contributed by atoms with Gasteiger partial charge in [-0.05, 0) is 89.0 Å². The fourth-order valence-corrected chi connectivity index (χ4v) is 4.90. The number of hydrogen-bond donors (Lipinski definition) is 0. The van der Waals surface area contributed by atoms with E-state index in [4.69, 9.17) is 4.99 Å². The maximum Gasteiger partial charge on any atom is 0.0443 e. The van der Waals surface area contributed by atoms with Gasteiger partial charge in [0.05, 0.1) is 0 Å². The van der Waals surface area contributed by atoms with Gasteiger partial charge in [-0.1, -0.05) is 95.1 Å². The molecule has 1 rings (SSSR count). The normalized spacial score (nSPS) is 22.1. The lowest BCUT2D eigenvalue weighted by Crippen LogP contribution is -2.30. The van der Waals surface area contributed by atoms with E-state index in [1.165, 1.54) is 58.5 Å². The minimum absolute atomic E-state index is 0.425. The number of hydrogen-bond acceptors (Lipinski definition) is 1. The highest BCUT2D eigenvalue weighted by atomic mass is 14.8. The van der Waals surface area contributed by atoms with Crippen molar-refractivity contribution in [3.05, 3.63) is 58.9 Å². The molecule has 0 amide bonds. The summed E-state index contributed by atoms with van der Waals surface area (Å²) in [5, 5.41) is 0. The Labute approximate surface area is 200 Å². The second-order valence-electron chi connectivity index (χ2n) is 11.0. The van der Waals surface area contributed by atoms with E-state index in [1.54, 1.807) is 0 Å². The van der Waals surface area contributed by atoms with Gasteiger partial charge >= 0.3 is 0 Å². The lowest BCUT2D eigenvalue weighted by molar-refractivity contribution is 0.203. The van der Waals surface area contributed by atoms with Crippen LogP contribution in [-0.4, -0.2) is 5.71 Å². The van der Waals surface area contributed by atoms with Crippen LogP contribution in [0.2, 0.25) is 0 Å². The molecule has 0 fully saturated rings. The average molecular weight is 438 g/mol. The van der Waals surface area contributed by atoms with Crippen LogP contribution in [0.3, 0.4) is 0 Å². The third kappa shape index (κ3) is 8.38. The van der Waals surface area contributed by atoms with Crippen LogP contribution in [0.1, 0.15) is 101 Å². The fourth-order valence-electron chi connectivity index (χ4n) is 4.90. The maximum atomic E-state index is 5.25. The Bertz CT molecular complexity index is 779. The minimum atomic E-state index is 0.425. The molecule has 0 spiro atoms. The van der Waals surface area contributed by atoms with Gasteiger partial charge in [0, 0.05) is 11.4 Å². The molecule has 0 heterocycles. The first kappa shape index (κ1) is 28.4. The van der Waals surface area contributed by atoms with Gasteiger partial charge in [-0.25, -0.2) is 0 Å². The molecule has 0 radical (unpaired) electrons. The summed E-state index contributed by atoms with van der Waals surface area (Å²) in [6.07, 6.45) is 10.3. The van der Waals surface area contributed by atoms with Crippen LogP contribution < -0.4 is 0 Å². The molecule has 1 heteroatoms. The molecule has 0 aromatic heterocycles. The van der Waals surface area contributed by atoms with Crippen LogP contribution in [0, 0.1) is 29.6 Å². The Morgan fingerprint density at radius 3 is 2.12 bits per heavy atom. The van der Waals surface area contributed by atoms with Gasteiger partial charge in [0.1, 0.15) is 0 Å². The fraction of sp³-hybridized carbons (Fsp3) is 0.645. The lowest BCUT2D eigenvalue weighted by Gasteiger charge is -2.40. The molecule has 4 atom stereocenters. The SMILES string of the molecule is C=C(C)C1=C(/N=C(\C)C(C)CCCC)CC(C(=C)/C=C(/C)C=C(C)C)C(C(C)C(C)C)C1. The van der Waals surface area contributed by atoms with Crippen LogP contribution in [0.4, 0.5) is 0 Å². The smallest absolute Gasteiger partial charge is 0.0443 e. The second-order valence-corrected chi connectivity index (χ2v) is 11.0. The maximum absolute atomic E-state index is 5.25. The standard InChI is InChI=1S/C31H51N/c1-13-14-15-24(9)27(12)32-31-19-29(25(10)17-23(8)16-20(2)3)30(26(11)21(4)5)18-28(31)22(6)7/h16-17,21,24,26,29-30H,6,10,13-15,18-19H2,1-5,7-9,11-12H3/b23-17-,32-27+. The van der Waals surface area contributed by atoms with Crippen molar-refractivity contribution in [2.24, 2.45) is 34.6 Å². The van der Waals surface area contributed by atoms with Crippen LogP contribution in [0.15, 0.2) is 63.9 Å². The summed E-state index contributed by atoms with van der Waals surface area (Å²) in [4.78, 5) is 5.25. The van der Waals surface area contributed by atoms with Crippen molar-refractivity contribution < 1.29 is 0 Å². The summed E-state index contributed by atoms with van der Waals surface area (Å²) < 4.78 is 0. The van der Waals surface area contributed by atoms with Gasteiger partial charge < -0.3 is 0 Å². The van der Waals surface area contributed by atoms with E-state index in [9.17, 15) is 0 Å². The van der Waals surface area contributed by atoms with E-state index in [0.717, 1.165) is 12.8 Å². The molecular formula is C31H51N. The monoisotopic (exact) mass is 437 g/mol. The van der Waals surface area contributed by atoms with E-state index < -0.39 is 0 Å². The van der Waals surface area contributed by atoms with Gasteiger partial charge in [-0.2, -0.15) is 0 Å². The quantitative estimate of drug-likeness (QED) is 0.225. The van der Waals surface area contributed by atoms with Gasteiger partial charge in [0.2, 0.25) is 0 Å². The summed E-state index contributed by atoms with van der Waals surface area (Å²) in [7, 11) is 0. The van der Waals surface area contributed by atoms with Crippen molar-refractivity contribution in [3.8, 4) is 0 Å². The Hall–Kier alpha value is -1.63. The Kier molecular flexibility index (Phi) is 11.7. The molecule has 0 aliphatic heterocycles. The molecule has 1 aliphatic rings. The van der Waals surface area contributed by atoms with Crippen molar-refractivity contribution in [3.63, 3.8) is 0 Å². The predicted octanol–water partition coefficient (Wildman–Crippen LogP) is 9.89. The lowest BCUT2D eigenvalue weighted by atomic mass is 9.66. The number of aliphatic imine (C=N–C) groups is 1. The molecule has 1 nitrogen and oxygen atoms in total. The van der Waals surface area contributed by atoms with E-state index in [-0.39, 0.29) is 0 Å². The Morgan fingerprint density at radius 1 is 1.00 bits per heavy atom. The molecule has 0 saturated carbocycles. The average Bonchev–Trinajstić information content (AvgIpc) is 2.69. The van der Waals surface area contributed by atoms with Gasteiger partial charge in [0.25, 0.3) is 0 Å². The topological polar surface area (TPSA) is 12.4 Å². The number of allylic oxidation sites excluding steroid dienone is 8. The van der Waals surface area contributed by atoms with Crippen molar-refractivity contribution in [2.75, 3.05) is 0 Å². The highest BCUT2D eigenvalue weighted by Gasteiger charge is 2.36. The highest BCUT2D eigenvalue weighted by Crippen LogP contribution is 2.46. The summed E-state index contributed by atoms with van der Waals surface area (Å²) in [6.45, 7) is 31.5. The van der Waals surface area contributed by atoms with Gasteiger partial charge in [-0.15, -0.1) is 0 Å². The Balaban J connectivity index is 3.43. The zero-order valence-electron chi connectivity index (χ0n) is 22.9. The van der Waals surface area contributed by atoms with Crippen molar-refractivity contribution in [2.45, 2.75) is 101 Å². The zero-order chi connectivity index (χ0) is 24.6. The summed E-state index contributed by atoms with van der Waals surface area (Å²) in [6, 6.07) is 0. The number of nitrogens with zero attached hydrogens (tertiary/aromatic N) is 1. The molecular weight excluding hydrogens is 386 g/mol. The third-order valence-corrected chi connectivity index (χ3v) is 7.38. The summed E-state index contributed by atoms with van der Waals surface area (Å²) >= 11 is 0. The van der Waals surface area contributed by atoms with Crippen molar-refractivity contribution in [1.29, 1.82) is 0 Å². The van der Waals surface area contributed by atoms with E-state index in [0.29, 0.717) is 29.6 Å². The molecule has 0 bridgehead atoms. The predicted molar refractivity (Wildman–Crippen MR) is 146 cm³/mol. The molecule has 0 aromatic rings. The first-order valence-corrected chi connectivity index (χ1v) is 12.8. The highest BCUT2D eigenvalue weighted by molar-refractivity contribution is 5.85. The van der Waals surface area contributed by atoms with Gasteiger partial charge in [-0.3, -0.25) is 4.99 Å². The van der Waals surface area contributed by atoms with Crippen molar-refractivity contribution in [1.82, 2.24) is 0 Å². The van der Waals surface area contributed by atoms with Crippen LogP contribution in [0.25, 0.3) is 0 Å². The molecule has 180 valence electrons. The largest absolute Gasteiger partial charge is 0.262 e. The minimum Gasteiger partial charge on any atom is -0.262 e. The zero-order valence-corrected chi connectivity index (χ0v) is 22.9. The molecule has 0 aromatic carbocycles. The van der Waals surface area contributed by atoms with E-state index in [1.807, 2.05) is 0 Å². The number of unbranched alkanes of at least 4 members (excludes halogenated alkanes) is 1. The summed E-state index contributed by atoms with van der Waals surface area (Å²) in [5.74, 6) is 2.79. The molecule has 0 saturated heterocycles. The molecule has 0 N–H and O–H groups in total. The van der Waals surface area contributed by atoms with Crippen LogP contribution in [0.5, 0.6) is 0 Å². The summed E-state index contributed by atoms with van der Waals surface area (Å²) in [5.41, 5.74) is 8.96. The first-order valence-electron chi connectivity index (χ1n) is 12.8. The number of rotatable bonds is 11. The third-order valence-electron chi connectivity index (χ3n) is 7.38. The van der Waals surface area contributed by atoms with Crippen LogP contribution >= 0.6 is 0 Å². The van der Waals surface area contributed by atoms with Gasteiger partial charge in [0.15, 0.2) is 0 Å². The first-order chi connectivity index (χ1) is 14.9. The molecule has 1 aliphatic carbocycles. The van der Waals surface area contributed by atoms with E-state index >= 15 is 0 Å². The van der Waals surface area contributed by atoms with Crippen LogP contribution in [-0.2, 0) is 0 Å². The van der Waals surface area contributed by atoms with Crippen molar-refractivity contribution >= 4 is 5.71 Å². The Morgan fingerprint density at radius 2 is 1.62 bits per heavy atom. The molecule has 4 unspecified atom stereocenters. The molecule has 32 heavy (non-hydrogen) atoms.